The van der Waals surface area contributed by atoms with E-state index in [2.05, 4.69) is 6.07 Å². The summed E-state index contributed by atoms with van der Waals surface area (Å²) in [4.78, 5) is 13.7. The Morgan fingerprint density at radius 3 is 2.59 bits per heavy atom. The normalized spacial score (nSPS) is 15.0. The van der Waals surface area contributed by atoms with Crippen LogP contribution in [0.4, 0.5) is 0 Å². The summed E-state index contributed by atoms with van der Waals surface area (Å²) in [5, 5.41) is 10.4. The molecule has 0 aliphatic carbocycles. The van der Waals surface area contributed by atoms with Crippen LogP contribution in [0.5, 0.6) is 11.5 Å². The maximum Gasteiger partial charge on any atom is 0.259 e. The molecule has 0 fully saturated rings. The minimum absolute atomic E-state index is 0.0623. The number of ether oxygens (including phenoxy) is 2. The highest BCUT2D eigenvalue weighted by molar-refractivity contribution is 6.42. The van der Waals surface area contributed by atoms with Crippen LogP contribution in [0.25, 0.3) is 0 Å². The molecular weight excluding hydrogens is 449 g/mol. The quantitative estimate of drug-likeness (QED) is 0.598. The standard InChI is InChI=1S/C24H19Cl2N3O3/c1-13-10-19-21(24(30)29(13)12-14-6-8-15(31-2)9-7-14)20(17(11-27)23(28)32-19)16-4-3-5-18(25)22(16)26/h3-10,20H,12,28H2,1-2H3/t20-/m0/s1. The molecule has 0 bridgehead atoms. The largest absolute Gasteiger partial charge is 0.497 e. The molecule has 0 amide bonds. The Kier molecular flexibility index (Phi) is 5.88. The number of pyridine rings is 1. The lowest BCUT2D eigenvalue weighted by molar-refractivity contribution is 0.389. The molecule has 8 heteroatoms. The molecule has 6 nitrogen and oxygen atoms in total. The smallest absolute Gasteiger partial charge is 0.259 e. The van der Waals surface area contributed by atoms with Gasteiger partial charge in [0.15, 0.2) is 0 Å². The summed E-state index contributed by atoms with van der Waals surface area (Å²) in [6.07, 6.45) is 0. The molecule has 1 aliphatic rings. The number of aromatic nitrogens is 1. The average Bonchev–Trinajstić information content (AvgIpc) is 2.78. The molecule has 0 saturated heterocycles. The fraction of sp³-hybridized carbons (Fsp3) is 0.167. The van der Waals surface area contributed by atoms with E-state index in [4.69, 9.17) is 38.4 Å². The van der Waals surface area contributed by atoms with Gasteiger partial charge >= 0.3 is 0 Å². The lowest BCUT2D eigenvalue weighted by Gasteiger charge is -2.28. The van der Waals surface area contributed by atoms with Crippen molar-refractivity contribution in [2.24, 2.45) is 5.73 Å². The number of benzene rings is 2. The van der Waals surface area contributed by atoms with Crippen LogP contribution in [0, 0.1) is 18.3 Å². The van der Waals surface area contributed by atoms with E-state index in [1.54, 1.807) is 35.9 Å². The molecule has 0 radical (unpaired) electrons. The van der Waals surface area contributed by atoms with Crippen molar-refractivity contribution in [3.8, 4) is 17.6 Å². The Hall–Kier alpha value is -3.40. The molecule has 4 rings (SSSR count). The van der Waals surface area contributed by atoms with Crippen LogP contribution in [0.2, 0.25) is 10.0 Å². The Morgan fingerprint density at radius 2 is 1.94 bits per heavy atom. The summed E-state index contributed by atoms with van der Waals surface area (Å²) in [5.74, 6) is 0.167. The lowest BCUT2D eigenvalue weighted by atomic mass is 9.84. The summed E-state index contributed by atoms with van der Waals surface area (Å²) < 4.78 is 12.5. The number of hydrogen-bond acceptors (Lipinski definition) is 5. The highest BCUT2D eigenvalue weighted by Gasteiger charge is 2.35. The summed E-state index contributed by atoms with van der Waals surface area (Å²) >= 11 is 12.7. The minimum atomic E-state index is -0.801. The summed E-state index contributed by atoms with van der Waals surface area (Å²) in [6, 6.07) is 16.4. The maximum atomic E-state index is 13.7. The zero-order chi connectivity index (χ0) is 23.0. The monoisotopic (exact) mass is 467 g/mol. The number of nitrogens with two attached hydrogens (primary N) is 1. The van der Waals surface area contributed by atoms with Crippen molar-refractivity contribution in [2.45, 2.75) is 19.4 Å². The van der Waals surface area contributed by atoms with Gasteiger partial charge in [-0.15, -0.1) is 0 Å². The zero-order valence-electron chi connectivity index (χ0n) is 17.4. The molecule has 2 heterocycles. The SMILES string of the molecule is COc1ccc(Cn2c(C)cc3c(c2=O)[C@@H](c2cccc(Cl)c2Cl)C(C#N)=C(N)O3)cc1. The molecular formula is C24H19Cl2N3O3. The van der Waals surface area contributed by atoms with Gasteiger partial charge in [-0.25, -0.2) is 0 Å². The van der Waals surface area contributed by atoms with Gasteiger partial charge < -0.3 is 19.8 Å². The number of rotatable bonds is 4. The van der Waals surface area contributed by atoms with E-state index in [1.807, 2.05) is 31.2 Å². The molecule has 0 unspecified atom stereocenters. The predicted octanol–water partition coefficient (Wildman–Crippen LogP) is 4.74. The summed E-state index contributed by atoms with van der Waals surface area (Å²) in [5.41, 5.74) is 8.27. The second-order valence-electron chi connectivity index (χ2n) is 7.37. The van der Waals surface area contributed by atoms with E-state index in [0.29, 0.717) is 34.1 Å². The first-order valence-electron chi connectivity index (χ1n) is 9.74. The number of nitrogens with zero attached hydrogens (tertiary/aromatic N) is 2. The molecule has 32 heavy (non-hydrogen) atoms. The second kappa shape index (κ2) is 8.62. The molecule has 3 aromatic rings. The van der Waals surface area contributed by atoms with E-state index in [9.17, 15) is 10.1 Å². The van der Waals surface area contributed by atoms with Crippen LogP contribution in [-0.2, 0) is 6.54 Å². The number of halogens is 2. The van der Waals surface area contributed by atoms with Crippen molar-refractivity contribution in [1.29, 1.82) is 5.26 Å². The first-order valence-corrected chi connectivity index (χ1v) is 10.5. The van der Waals surface area contributed by atoms with Crippen molar-refractivity contribution in [1.82, 2.24) is 4.57 Å². The van der Waals surface area contributed by atoms with Crippen molar-refractivity contribution in [3.63, 3.8) is 0 Å². The molecule has 2 aromatic carbocycles. The van der Waals surface area contributed by atoms with Crippen LogP contribution >= 0.6 is 23.2 Å². The number of aryl methyl sites for hydroxylation is 1. The molecule has 162 valence electrons. The van der Waals surface area contributed by atoms with Crippen LogP contribution < -0.4 is 20.8 Å². The highest BCUT2D eigenvalue weighted by atomic mass is 35.5. The van der Waals surface area contributed by atoms with E-state index in [-0.39, 0.29) is 22.0 Å². The molecule has 2 N–H and O–H groups in total. The van der Waals surface area contributed by atoms with E-state index < -0.39 is 5.92 Å². The van der Waals surface area contributed by atoms with Gasteiger partial charge in [0.25, 0.3) is 5.56 Å². The van der Waals surface area contributed by atoms with Gasteiger partial charge in [0.2, 0.25) is 5.88 Å². The Balaban J connectivity index is 1.91. The van der Waals surface area contributed by atoms with Crippen molar-refractivity contribution in [2.75, 3.05) is 7.11 Å². The zero-order valence-corrected chi connectivity index (χ0v) is 18.9. The molecule has 0 spiro atoms. The van der Waals surface area contributed by atoms with Gasteiger partial charge in [-0.1, -0.05) is 47.5 Å². The first-order chi connectivity index (χ1) is 15.3. The second-order valence-corrected chi connectivity index (χ2v) is 8.16. The number of allylic oxidation sites excluding steroid dienone is 1. The Labute approximate surface area is 195 Å². The van der Waals surface area contributed by atoms with Crippen LogP contribution in [0.1, 0.15) is 28.3 Å². The lowest BCUT2D eigenvalue weighted by Crippen LogP contribution is -2.33. The van der Waals surface area contributed by atoms with Crippen molar-refractivity contribution < 1.29 is 9.47 Å². The van der Waals surface area contributed by atoms with E-state index in [1.165, 1.54) is 0 Å². The van der Waals surface area contributed by atoms with Crippen LogP contribution in [-0.4, -0.2) is 11.7 Å². The fourth-order valence-electron chi connectivity index (χ4n) is 3.85. The van der Waals surface area contributed by atoms with Gasteiger partial charge in [0.05, 0.1) is 35.2 Å². The van der Waals surface area contributed by atoms with E-state index in [0.717, 1.165) is 11.3 Å². The summed E-state index contributed by atoms with van der Waals surface area (Å²) in [7, 11) is 1.60. The van der Waals surface area contributed by atoms with Gasteiger partial charge in [0.1, 0.15) is 23.1 Å². The van der Waals surface area contributed by atoms with E-state index >= 15 is 0 Å². The van der Waals surface area contributed by atoms with Gasteiger partial charge in [-0.3, -0.25) is 4.79 Å². The number of methoxy groups -OCH3 is 1. The van der Waals surface area contributed by atoms with Gasteiger partial charge in [0, 0.05) is 11.8 Å². The number of fused-ring (bicyclic) bond motifs is 1. The molecule has 1 aliphatic heterocycles. The Bertz CT molecular complexity index is 1340. The molecule has 1 atom stereocenters. The minimum Gasteiger partial charge on any atom is -0.497 e. The third-order valence-electron chi connectivity index (χ3n) is 5.48. The topological polar surface area (TPSA) is 90.3 Å². The maximum absolute atomic E-state index is 13.7. The third kappa shape index (κ3) is 3.70. The number of nitriles is 1. The Morgan fingerprint density at radius 1 is 1.22 bits per heavy atom. The predicted molar refractivity (Wildman–Crippen MR) is 123 cm³/mol. The fourth-order valence-corrected chi connectivity index (χ4v) is 4.27. The third-order valence-corrected chi connectivity index (χ3v) is 6.32. The summed E-state index contributed by atoms with van der Waals surface area (Å²) in [6.45, 7) is 2.15. The van der Waals surface area contributed by atoms with Gasteiger partial charge in [-0.2, -0.15) is 5.26 Å². The molecule has 1 aromatic heterocycles. The highest BCUT2D eigenvalue weighted by Crippen LogP contribution is 2.44. The average molecular weight is 468 g/mol. The van der Waals surface area contributed by atoms with Crippen LogP contribution in [0.3, 0.4) is 0 Å². The number of hydrogen-bond donors (Lipinski definition) is 1. The van der Waals surface area contributed by atoms with Crippen molar-refractivity contribution in [3.05, 3.63) is 103 Å². The van der Waals surface area contributed by atoms with Gasteiger partial charge in [-0.05, 0) is 36.2 Å². The molecule has 0 saturated carbocycles. The van der Waals surface area contributed by atoms with Crippen molar-refractivity contribution >= 4 is 23.2 Å². The van der Waals surface area contributed by atoms with Crippen LogP contribution in [0.15, 0.2) is 64.8 Å². The first kappa shape index (κ1) is 21.8.